The van der Waals surface area contributed by atoms with Crippen LogP contribution in [-0.4, -0.2) is 9.36 Å². The molecule has 0 saturated heterocycles. The summed E-state index contributed by atoms with van der Waals surface area (Å²) in [5, 5.41) is 3.19. The van der Waals surface area contributed by atoms with Gasteiger partial charge in [-0.15, -0.1) is 0 Å². The number of nitrogens with one attached hydrogen (secondary N) is 1. The summed E-state index contributed by atoms with van der Waals surface area (Å²) in [6.07, 6.45) is -4.40. The van der Waals surface area contributed by atoms with Crippen molar-refractivity contribution in [3.63, 3.8) is 0 Å². The van der Waals surface area contributed by atoms with Crippen molar-refractivity contribution in [3.8, 4) is 11.4 Å². The van der Waals surface area contributed by atoms with Gasteiger partial charge in [-0.2, -0.15) is 22.5 Å². The van der Waals surface area contributed by atoms with Crippen LogP contribution < -0.4 is 5.32 Å². The van der Waals surface area contributed by atoms with E-state index < -0.39 is 11.7 Å². The Balaban J connectivity index is 1.83. The van der Waals surface area contributed by atoms with E-state index in [4.69, 9.17) is 6.57 Å². The highest BCUT2D eigenvalue weighted by atomic mass is 32.1. The Labute approximate surface area is 139 Å². The highest BCUT2D eigenvalue weighted by Crippen LogP contribution is 2.32. The molecule has 4 nitrogen and oxygen atoms in total. The quantitative estimate of drug-likeness (QED) is 0.635. The van der Waals surface area contributed by atoms with Crippen molar-refractivity contribution in [1.82, 2.24) is 9.36 Å². The number of anilines is 2. The summed E-state index contributed by atoms with van der Waals surface area (Å²) in [6.45, 7) is 7.01. The van der Waals surface area contributed by atoms with Crippen LogP contribution in [0.2, 0.25) is 0 Å². The lowest BCUT2D eigenvalue weighted by Crippen LogP contribution is -2.05. The van der Waals surface area contributed by atoms with Crippen LogP contribution in [0.4, 0.5) is 29.7 Å². The van der Waals surface area contributed by atoms with E-state index in [9.17, 15) is 13.2 Å². The minimum Gasteiger partial charge on any atom is -0.330 e. The maximum absolute atomic E-state index is 12.7. The van der Waals surface area contributed by atoms with E-state index in [0.29, 0.717) is 22.2 Å². The average molecular weight is 346 g/mol. The van der Waals surface area contributed by atoms with Gasteiger partial charge in [0.1, 0.15) is 0 Å². The summed E-state index contributed by atoms with van der Waals surface area (Å²) in [5.41, 5.74) is 0.691. The lowest BCUT2D eigenvalue weighted by atomic mass is 10.2. The van der Waals surface area contributed by atoms with Gasteiger partial charge in [-0.3, -0.25) is 0 Å². The highest BCUT2D eigenvalue weighted by Gasteiger charge is 2.30. The molecular weight excluding hydrogens is 337 g/mol. The molecule has 0 aliphatic heterocycles. The zero-order valence-electron chi connectivity index (χ0n) is 12.0. The van der Waals surface area contributed by atoms with Gasteiger partial charge in [-0.1, -0.05) is 24.3 Å². The lowest BCUT2D eigenvalue weighted by Gasteiger charge is -2.08. The van der Waals surface area contributed by atoms with Crippen molar-refractivity contribution >= 4 is 28.0 Å². The van der Waals surface area contributed by atoms with Crippen LogP contribution in [0.5, 0.6) is 0 Å². The normalized spacial score (nSPS) is 11.1. The molecule has 1 aromatic heterocycles. The van der Waals surface area contributed by atoms with Crippen LogP contribution in [0.3, 0.4) is 0 Å². The summed E-state index contributed by atoms with van der Waals surface area (Å²) >= 11 is 1.04. The van der Waals surface area contributed by atoms with Crippen molar-refractivity contribution in [3.05, 3.63) is 65.5 Å². The first-order valence-electron chi connectivity index (χ1n) is 6.71. The fourth-order valence-electron chi connectivity index (χ4n) is 2.00. The molecule has 1 heterocycles. The van der Waals surface area contributed by atoms with Crippen LogP contribution >= 0.6 is 11.5 Å². The lowest BCUT2D eigenvalue weighted by molar-refractivity contribution is -0.137. The predicted octanol–water partition coefficient (Wildman–Crippen LogP) is 5.52. The topological polar surface area (TPSA) is 42.2 Å². The number of hydrogen-bond donors (Lipinski definition) is 1. The van der Waals surface area contributed by atoms with Crippen molar-refractivity contribution in [2.45, 2.75) is 6.18 Å². The fourth-order valence-corrected chi connectivity index (χ4v) is 2.61. The van der Waals surface area contributed by atoms with Gasteiger partial charge in [0, 0.05) is 22.8 Å². The standard InChI is InChI=1S/C16H9F3N4S/c1-20-12-6-2-4-10(8-12)14-22-15(24-23-14)21-13-7-3-5-11(9-13)16(17,18)19/h2-9H,(H,21,22,23). The Bertz CT molecular complexity index is 912. The Hall–Kier alpha value is -2.92. The minimum atomic E-state index is -4.40. The second-order valence-corrected chi connectivity index (χ2v) is 5.54. The Morgan fingerprint density at radius 2 is 1.88 bits per heavy atom. The second kappa shape index (κ2) is 6.29. The number of benzene rings is 2. The summed E-state index contributed by atoms with van der Waals surface area (Å²) in [7, 11) is 0. The van der Waals surface area contributed by atoms with Crippen LogP contribution in [0.1, 0.15) is 5.56 Å². The molecule has 0 saturated carbocycles. The van der Waals surface area contributed by atoms with Gasteiger partial charge in [-0.25, -0.2) is 4.85 Å². The average Bonchev–Trinajstić information content (AvgIpc) is 3.03. The van der Waals surface area contributed by atoms with Gasteiger partial charge in [0.25, 0.3) is 0 Å². The smallest absolute Gasteiger partial charge is 0.330 e. The van der Waals surface area contributed by atoms with Crippen LogP contribution in [0.15, 0.2) is 48.5 Å². The molecule has 0 aliphatic carbocycles. The van der Waals surface area contributed by atoms with Crippen LogP contribution in [0.25, 0.3) is 16.2 Å². The summed E-state index contributed by atoms with van der Waals surface area (Å²) < 4.78 is 42.4. The molecule has 120 valence electrons. The van der Waals surface area contributed by atoms with Gasteiger partial charge in [0.15, 0.2) is 11.5 Å². The highest BCUT2D eigenvalue weighted by molar-refractivity contribution is 7.09. The molecule has 0 atom stereocenters. The Morgan fingerprint density at radius 3 is 2.62 bits per heavy atom. The summed E-state index contributed by atoms with van der Waals surface area (Å²) in [5.74, 6) is 0.417. The molecule has 0 fully saturated rings. The molecular formula is C16H9F3N4S. The molecule has 0 aliphatic rings. The van der Waals surface area contributed by atoms with Crippen LogP contribution in [-0.2, 0) is 6.18 Å². The Morgan fingerprint density at radius 1 is 1.08 bits per heavy atom. The van der Waals surface area contributed by atoms with Crippen molar-refractivity contribution in [2.75, 3.05) is 5.32 Å². The van der Waals surface area contributed by atoms with Crippen molar-refractivity contribution in [1.29, 1.82) is 0 Å². The molecule has 3 aromatic rings. The van der Waals surface area contributed by atoms with Gasteiger partial charge >= 0.3 is 6.18 Å². The number of halogens is 3. The number of nitrogens with zero attached hydrogens (tertiary/aromatic N) is 3. The number of rotatable bonds is 3. The van der Waals surface area contributed by atoms with Crippen molar-refractivity contribution < 1.29 is 13.2 Å². The van der Waals surface area contributed by atoms with Gasteiger partial charge in [0.05, 0.1) is 12.1 Å². The minimum absolute atomic E-state index is 0.280. The first-order chi connectivity index (χ1) is 11.5. The maximum atomic E-state index is 12.7. The summed E-state index contributed by atoms with van der Waals surface area (Å²) in [4.78, 5) is 7.59. The summed E-state index contributed by atoms with van der Waals surface area (Å²) in [6, 6.07) is 11.7. The van der Waals surface area contributed by atoms with E-state index in [1.54, 1.807) is 24.3 Å². The third kappa shape index (κ3) is 3.52. The molecule has 0 radical (unpaired) electrons. The molecule has 3 rings (SSSR count). The monoisotopic (exact) mass is 346 g/mol. The van der Waals surface area contributed by atoms with Crippen molar-refractivity contribution in [2.24, 2.45) is 0 Å². The predicted molar refractivity (Wildman–Crippen MR) is 86.3 cm³/mol. The molecule has 1 N–H and O–H groups in total. The molecule has 24 heavy (non-hydrogen) atoms. The van der Waals surface area contributed by atoms with Gasteiger partial charge < -0.3 is 5.32 Å². The molecule has 0 amide bonds. The zero-order valence-corrected chi connectivity index (χ0v) is 12.8. The van der Waals surface area contributed by atoms with E-state index in [0.717, 1.165) is 23.7 Å². The third-order valence-corrected chi connectivity index (χ3v) is 3.73. The maximum Gasteiger partial charge on any atom is 0.416 e. The van der Waals surface area contributed by atoms with E-state index in [2.05, 4.69) is 19.5 Å². The van der Waals surface area contributed by atoms with E-state index in [1.165, 1.54) is 12.1 Å². The zero-order chi connectivity index (χ0) is 17.2. The van der Waals surface area contributed by atoms with Gasteiger partial charge in [-0.05, 0) is 24.3 Å². The SMILES string of the molecule is [C-]#[N+]c1cccc(-c2nsc(Nc3cccc(C(F)(F)F)c3)n2)c1. The molecule has 2 aromatic carbocycles. The third-order valence-electron chi connectivity index (χ3n) is 3.10. The molecule has 0 unspecified atom stereocenters. The van der Waals surface area contributed by atoms with E-state index >= 15 is 0 Å². The fraction of sp³-hybridized carbons (Fsp3) is 0.0625. The van der Waals surface area contributed by atoms with E-state index in [1.807, 2.05) is 0 Å². The Kier molecular flexibility index (Phi) is 4.18. The number of hydrogen-bond acceptors (Lipinski definition) is 4. The molecule has 0 spiro atoms. The second-order valence-electron chi connectivity index (χ2n) is 4.79. The van der Waals surface area contributed by atoms with Gasteiger partial charge in [0.2, 0.25) is 5.13 Å². The number of alkyl halides is 3. The van der Waals surface area contributed by atoms with Crippen LogP contribution in [0, 0.1) is 6.57 Å². The first kappa shape index (κ1) is 16.0. The number of aromatic nitrogens is 2. The molecule has 0 bridgehead atoms. The first-order valence-corrected chi connectivity index (χ1v) is 7.49. The van der Waals surface area contributed by atoms with E-state index in [-0.39, 0.29) is 5.69 Å². The largest absolute Gasteiger partial charge is 0.416 e. The molecule has 8 heteroatoms.